The van der Waals surface area contributed by atoms with E-state index in [1.54, 1.807) is 4.90 Å². The average Bonchev–Trinajstić information content (AvgIpc) is 2.43. The standard InChI is InChI=1S/C14H21N3O2.C2H6/c1-9-11-8-17(13(18)19-14(2,3)4)6-5-10(11)7-16-12(9)15;1-2/h7H,5-6,8H2,1-4H3,(H2,15,16);1-2H3. The molecule has 0 bridgehead atoms. The van der Waals surface area contributed by atoms with Crippen LogP contribution in [0, 0.1) is 6.92 Å². The maximum absolute atomic E-state index is 12.1. The molecule has 5 nitrogen and oxygen atoms in total. The number of pyridine rings is 1. The van der Waals surface area contributed by atoms with E-state index in [0.717, 1.165) is 17.5 Å². The number of nitrogens with zero attached hydrogens (tertiary/aromatic N) is 2. The summed E-state index contributed by atoms with van der Waals surface area (Å²) in [5, 5.41) is 0. The number of anilines is 1. The molecule has 1 aliphatic rings. The number of fused-ring (bicyclic) bond motifs is 1. The van der Waals surface area contributed by atoms with Crippen LogP contribution in [0.5, 0.6) is 0 Å². The Morgan fingerprint density at radius 1 is 1.38 bits per heavy atom. The van der Waals surface area contributed by atoms with Crippen molar-refractivity contribution < 1.29 is 9.53 Å². The van der Waals surface area contributed by atoms with E-state index in [-0.39, 0.29) is 6.09 Å². The Bertz CT molecular complexity index is 507. The highest BCUT2D eigenvalue weighted by Gasteiger charge is 2.27. The maximum Gasteiger partial charge on any atom is 0.410 e. The van der Waals surface area contributed by atoms with Crippen LogP contribution in [-0.2, 0) is 17.7 Å². The average molecular weight is 293 g/mol. The Morgan fingerprint density at radius 2 is 2.00 bits per heavy atom. The predicted octanol–water partition coefficient (Wildman–Crippen LogP) is 3.29. The van der Waals surface area contributed by atoms with Gasteiger partial charge in [-0.05, 0) is 50.8 Å². The van der Waals surface area contributed by atoms with Crippen molar-refractivity contribution in [1.29, 1.82) is 0 Å². The second-order valence-electron chi connectivity index (χ2n) is 5.92. The molecule has 0 aromatic carbocycles. The molecule has 1 aromatic rings. The van der Waals surface area contributed by atoms with Gasteiger partial charge in [-0.2, -0.15) is 0 Å². The highest BCUT2D eigenvalue weighted by molar-refractivity contribution is 5.69. The first-order valence-electron chi connectivity index (χ1n) is 7.48. The molecule has 0 fully saturated rings. The molecule has 1 amide bonds. The number of rotatable bonds is 0. The molecule has 1 aliphatic heterocycles. The lowest BCUT2D eigenvalue weighted by molar-refractivity contribution is 0.0223. The summed E-state index contributed by atoms with van der Waals surface area (Å²) in [6.07, 6.45) is 2.33. The molecule has 2 rings (SSSR count). The molecule has 5 heteroatoms. The fourth-order valence-electron chi connectivity index (χ4n) is 2.16. The molecule has 0 spiro atoms. The molecule has 0 aliphatic carbocycles. The van der Waals surface area contributed by atoms with Crippen molar-refractivity contribution in [3.63, 3.8) is 0 Å². The summed E-state index contributed by atoms with van der Waals surface area (Å²) in [6, 6.07) is 0. The number of amides is 1. The number of ether oxygens (including phenoxy) is 1. The van der Waals surface area contributed by atoms with Crippen LogP contribution < -0.4 is 5.73 Å². The van der Waals surface area contributed by atoms with Crippen molar-refractivity contribution in [3.8, 4) is 0 Å². The van der Waals surface area contributed by atoms with Crippen LogP contribution >= 0.6 is 0 Å². The summed E-state index contributed by atoms with van der Waals surface area (Å²) in [5.41, 5.74) is 8.59. The molecule has 2 N–H and O–H groups in total. The molecule has 0 atom stereocenters. The number of hydrogen-bond acceptors (Lipinski definition) is 4. The van der Waals surface area contributed by atoms with Crippen LogP contribution in [-0.4, -0.2) is 28.1 Å². The van der Waals surface area contributed by atoms with Crippen LogP contribution in [0.4, 0.5) is 10.6 Å². The summed E-state index contributed by atoms with van der Waals surface area (Å²) in [4.78, 5) is 18.0. The highest BCUT2D eigenvalue weighted by atomic mass is 16.6. The van der Waals surface area contributed by atoms with E-state index >= 15 is 0 Å². The number of nitrogen functional groups attached to an aromatic ring is 1. The van der Waals surface area contributed by atoms with Gasteiger partial charge in [-0.1, -0.05) is 13.8 Å². The van der Waals surface area contributed by atoms with Gasteiger partial charge < -0.3 is 15.4 Å². The Balaban J connectivity index is 0.00000106. The lowest BCUT2D eigenvalue weighted by Gasteiger charge is -2.32. The first-order valence-corrected chi connectivity index (χ1v) is 7.48. The lowest BCUT2D eigenvalue weighted by Crippen LogP contribution is -2.40. The fraction of sp³-hybridized carbons (Fsp3) is 0.625. The van der Waals surface area contributed by atoms with Crippen LogP contribution in [0.1, 0.15) is 51.3 Å². The van der Waals surface area contributed by atoms with Gasteiger partial charge in [-0.3, -0.25) is 0 Å². The first kappa shape index (κ1) is 17.3. The van der Waals surface area contributed by atoms with Gasteiger partial charge in [0.1, 0.15) is 11.4 Å². The minimum absolute atomic E-state index is 0.270. The van der Waals surface area contributed by atoms with E-state index in [0.29, 0.717) is 18.9 Å². The van der Waals surface area contributed by atoms with E-state index in [1.165, 1.54) is 5.56 Å². The Kier molecular flexibility index (Phi) is 5.58. The lowest BCUT2D eigenvalue weighted by atomic mass is 9.98. The summed E-state index contributed by atoms with van der Waals surface area (Å²) in [7, 11) is 0. The summed E-state index contributed by atoms with van der Waals surface area (Å²) in [6.45, 7) is 12.8. The number of aromatic nitrogens is 1. The van der Waals surface area contributed by atoms with Crippen molar-refractivity contribution in [2.45, 2.75) is 60.1 Å². The number of nitrogens with two attached hydrogens (primary N) is 1. The van der Waals surface area contributed by atoms with E-state index in [1.807, 2.05) is 47.7 Å². The van der Waals surface area contributed by atoms with Crippen LogP contribution in [0.2, 0.25) is 0 Å². The molecule has 0 unspecified atom stereocenters. The monoisotopic (exact) mass is 293 g/mol. The zero-order valence-corrected chi connectivity index (χ0v) is 14.0. The molecule has 1 aromatic heterocycles. The minimum atomic E-state index is -0.469. The topological polar surface area (TPSA) is 68.5 Å². The van der Waals surface area contributed by atoms with E-state index < -0.39 is 5.60 Å². The van der Waals surface area contributed by atoms with Crippen LogP contribution in [0.3, 0.4) is 0 Å². The smallest absolute Gasteiger partial charge is 0.410 e. The van der Waals surface area contributed by atoms with Gasteiger partial charge in [0.15, 0.2) is 0 Å². The minimum Gasteiger partial charge on any atom is -0.444 e. The third kappa shape index (κ3) is 4.34. The molecule has 2 heterocycles. The third-order valence-electron chi connectivity index (χ3n) is 3.24. The van der Waals surface area contributed by atoms with Crippen molar-refractivity contribution in [3.05, 3.63) is 22.9 Å². The Morgan fingerprint density at radius 3 is 2.57 bits per heavy atom. The van der Waals surface area contributed by atoms with E-state index in [2.05, 4.69) is 4.98 Å². The highest BCUT2D eigenvalue weighted by Crippen LogP contribution is 2.25. The van der Waals surface area contributed by atoms with E-state index in [9.17, 15) is 4.79 Å². The normalized spacial score (nSPS) is 13.9. The van der Waals surface area contributed by atoms with Crippen molar-refractivity contribution in [2.75, 3.05) is 12.3 Å². The quantitative estimate of drug-likeness (QED) is 0.797. The molecule has 0 saturated carbocycles. The van der Waals surface area contributed by atoms with Gasteiger partial charge in [-0.25, -0.2) is 9.78 Å². The van der Waals surface area contributed by atoms with Gasteiger partial charge in [0.2, 0.25) is 0 Å². The molecular weight excluding hydrogens is 266 g/mol. The molecule has 118 valence electrons. The number of carbonyl (C=O) groups is 1. The van der Waals surface area contributed by atoms with Crippen LogP contribution in [0.25, 0.3) is 0 Å². The van der Waals surface area contributed by atoms with Gasteiger partial charge >= 0.3 is 6.09 Å². The zero-order chi connectivity index (χ0) is 16.2. The molecule has 21 heavy (non-hydrogen) atoms. The summed E-state index contributed by atoms with van der Waals surface area (Å²) >= 11 is 0. The van der Waals surface area contributed by atoms with Crippen molar-refractivity contribution >= 4 is 11.9 Å². The Hall–Kier alpha value is -1.78. The van der Waals surface area contributed by atoms with E-state index in [4.69, 9.17) is 10.5 Å². The van der Waals surface area contributed by atoms with Gasteiger partial charge in [-0.15, -0.1) is 0 Å². The predicted molar refractivity (Wildman–Crippen MR) is 85.1 cm³/mol. The maximum atomic E-state index is 12.1. The van der Waals surface area contributed by atoms with Gasteiger partial charge in [0.05, 0.1) is 0 Å². The third-order valence-corrected chi connectivity index (χ3v) is 3.24. The molecule has 0 saturated heterocycles. The number of hydrogen-bond donors (Lipinski definition) is 1. The second kappa shape index (κ2) is 6.78. The van der Waals surface area contributed by atoms with Gasteiger partial charge in [0.25, 0.3) is 0 Å². The molecular formula is C16H27N3O2. The SMILES string of the molecule is CC.Cc1c(N)ncc2c1CN(C(=O)OC(C)(C)C)CC2. The number of carbonyl (C=O) groups excluding carboxylic acids is 1. The van der Waals surface area contributed by atoms with Gasteiger partial charge in [0, 0.05) is 19.3 Å². The summed E-state index contributed by atoms with van der Waals surface area (Å²) in [5.74, 6) is 0.532. The first-order chi connectivity index (χ1) is 9.78. The largest absolute Gasteiger partial charge is 0.444 e. The van der Waals surface area contributed by atoms with Crippen molar-refractivity contribution in [2.24, 2.45) is 0 Å². The Labute approximate surface area is 127 Å². The molecule has 0 radical (unpaired) electrons. The van der Waals surface area contributed by atoms with Crippen molar-refractivity contribution in [1.82, 2.24) is 9.88 Å². The second-order valence-corrected chi connectivity index (χ2v) is 5.92. The van der Waals surface area contributed by atoms with Crippen LogP contribution in [0.15, 0.2) is 6.20 Å². The summed E-state index contributed by atoms with van der Waals surface area (Å²) < 4.78 is 5.40. The zero-order valence-electron chi connectivity index (χ0n) is 14.0. The fourth-order valence-corrected chi connectivity index (χ4v) is 2.16.